The standard InChI is InChI=1S/C39H37ClN8O3/c1-49-31-14-10-27(11-15-31)24-46(26-36-42-34-8-3-4-9-35(34)47(36)25-28-12-16-32(50-2)17-13-28)39-44-38(45-18-20-51-21-19-45)43-37-33(23-41-48(37)39)29-6-5-7-30(40)22-29/h3-17,22-23H,18-21,24-26H2,1-2H3. The summed E-state index contributed by atoms with van der Waals surface area (Å²) in [6.07, 6.45) is 1.84. The van der Waals surface area contributed by atoms with E-state index in [2.05, 4.69) is 56.8 Å². The van der Waals surface area contributed by atoms with E-state index in [-0.39, 0.29) is 0 Å². The lowest BCUT2D eigenvalue weighted by Crippen LogP contribution is -2.38. The van der Waals surface area contributed by atoms with Gasteiger partial charge in [0.05, 0.1) is 51.2 Å². The lowest BCUT2D eigenvalue weighted by atomic mass is 10.1. The summed E-state index contributed by atoms with van der Waals surface area (Å²) >= 11 is 6.46. The molecule has 4 heterocycles. The zero-order chi connectivity index (χ0) is 34.7. The first-order valence-corrected chi connectivity index (χ1v) is 17.2. The molecule has 0 amide bonds. The number of aromatic nitrogens is 6. The summed E-state index contributed by atoms with van der Waals surface area (Å²) < 4.78 is 20.7. The quantitative estimate of drug-likeness (QED) is 0.143. The molecule has 0 radical (unpaired) electrons. The molecule has 3 aromatic heterocycles. The van der Waals surface area contributed by atoms with Crippen LogP contribution >= 0.6 is 11.6 Å². The molecule has 1 aliphatic heterocycles. The molecule has 1 saturated heterocycles. The number of nitrogens with zero attached hydrogens (tertiary/aromatic N) is 8. The second-order valence-electron chi connectivity index (χ2n) is 12.4. The molecule has 0 saturated carbocycles. The Morgan fingerprint density at radius 1 is 0.784 bits per heavy atom. The van der Waals surface area contributed by atoms with Crippen molar-refractivity contribution < 1.29 is 14.2 Å². The molecule has 1 aliphatic rings. The SMILES string of the molecule is COc1ccc(CN(Cc2nc3ccccc3n2Cc2ccc(OC)cc2)c2nc(N3CCOCC3)nc3c(-c4cccc(Cl)c4)cnn23)cc1. The topological polar surface area (TPSA) is 95.1 Å². The van der Waals surface area contributed by atoms with Crippen LogP contribution in [0.5, 0.6) is 11.5 Å². The predicted molar refractivity (Wildman–Crippen MR) is 199 cm³/mol. The largest absolute Gasteiger partial charge is 0.497 e. The van der Waals surface area contributed by atoms with Gasteiger partial charge in [-0.3, -0.25) is 0 Å². The number of anilines is 2. The third-order valence-electron chi connectivity index (χ3n) is 9.15. The Balaban J connectivity index is 1.28. The predicted octanol–water partition coefficient (Wildman–Crippen LogP) is 6.90. The molecule has 0 unspecified atom stereocenters. The smallest absolute Gasteiger partial charge is 0.232 e. The summed E-state index contributed by atoms with van der Waals surface area (Å²) in [6.45, 7) is 4.19. The molecule has 258 valence electrons. The number of methoxy groups -OCH3 is 2. The van der Waals surface area contributed by atoms with Crippen molar-refractivity contribution in [3.8, 4) is 22.6 Å². The van der Waals surface area contributed by atoms with Crippen LogP contribution in [0, 0.1) is 0 Å². The number of imidazole rings is 1. The first-order chi connectivity index (χ1) is 25.1. The molecule has 4 aromatic carbocycles. The van der Waals surface area contributed by atoms with Crippen LogP contribution < -0.4 is 19.3 Å². The third-order valence-corrected chi connectivity index (χ3v) is 9.38. The van der Waals surface area contributed by atoms with Gasteiger partial charge in [-0.2, -0.15) is 19.6 Å². The Morgan fingerprint density at radius 3 is 2.24 bits per heavy atom. The van der Waals surface area contributed by atoms with Crippen LogP contribution in [0.15, 0.2) is 103 Å². The number of hydrogen-bond acceptors (Lipinski definition) is 9. The molecule has 8 rings (SSSR count). The lowest BCUT2D eigenvalue weighted by Gasteiger charge is -2.29. The summed E-state index contributed by atoms with van der Waals surface area (Å²) in [5.41, 5.74) is 6.68. The van der Waals surface area contributed by atoms with Gasteiger partial charge in [-0.25, -0.2) is 4.98 Å². The van der Waals surface area contributed by atoms with Gasteiger partial charge < -0.3 is 28.6 Å². The molecule has 1 fully saturated rings. The highest BCUT2D eigenvalue weighted by atomic mass is 35.5. The minimum Gasteiger partial charge on any atom is -0.497 e. The van der Waals surface area contributed by atoms with E-state index in [4.69, 9.17) is 45.9 Å². The number of ether oxygens (including phenoxy) is 3. The maximum Gasteiger partial charge on any atom is 0.232 e. The Labute approximate surface area is 300 Å². The van der Waals surface area contributed by atoms with Crippen molar-refractivity contribution in [1.29, 1.82) is 0 Å². The first kappa shape index (κ1) is 32.5. The van der Waals surface area contributed by atoms with Crippen LogP contribution in [0.25, 0.3) is 27.8 Å². The average molecular weight is 701 g/mol. The number of para-hydroxylation sites is 2. The Kier molecular flexibility index (Phi) is 9.12. The van der Waals surface area contributed by atoms with E-state index in [1.807, 2.05) is 65.3 Å². The summed E-state index contributed by atoms with van der Waals surface area (Å²) in [6, 6.07) is 32.3. The highest BCUT2D eigenvalue weighted by Crippen LogP contribution is 2.31. The van der Waals surface area contributed by atoms with Gasteiger partial charge in [-0.05, 0) is 65.2 Å². The monoisotopic (exact) mass is 700 g/mol. The van der Waals surface area contributed by atoms with Crippen LogP contribution in [0.1, 0.15) is 17.0 Å². The van der Waals surface area contributed by atoms with Crippen molar-refractivity contribution in [2.45, 2.75) is 19.6 Å². The number of halogens is 1. The van der Waals surface area contributed by atoms with Crippen molar-refractivity contribution in [2.24, 2.45) is 0 Å². The molecule has 0 N–H and O–H groups in total. The molecule has 51 heavy (non-hydrogen) atoms. The number of rotatable bonds is 11. The van der Waals surface area contributed by atoms with Gasteiger partial charge in [0.2, 0.25) is 11.9 Å². The van der Waals surface area contributed by atoms with Gasteiger partial charge in [-0.1, -0.05) is 60.1 Å². The number of morpholine rings is 1. The summed E-state index contributed by atoms with van der Waals surface area (Å²) in [5, 5.41) is 5.54. The fourth-order valence-corrected chi connectivity index (χ4v) is 6.67. The molecular weight excluding hydrogens is 664 g/mol. The van der Waals surface area contributed by atoms with Crippen molar-refractivity contribution in [1.82, 2.24) is 29.1 Å². The van der Waals surface area contributed by atoms with Gasteiger partial charge in [-0.15, -0.1) is 0 Å². The van der Waals surface area contributed by atoms with E-state index in [0.717, 1.165) is 50.6 Å². The fourth-order valence-electron chi connectivity index (χ4n) is 6.48. The van der Waals surface area contributed by atoms with Crippen LogP contribution in [-0.2, 0) is 24.4 Å². The fraction of sp³-hybridized carbons (Fsp3) is 0.231. The minimum absolute atomic E-state index is 0.442. The van der Waals surface area contributed by atoms with E-state index < -0.39 is 0 Å². The zero-order valence-electron chi connectivity index (χ0n) is 28.4. The van der Waals surface area contributed by atoms with Gasteiger partial charge in [0.1, 0.15) is 17.3 Å². The minimum atomic E-state index is 0.442. The van der Waals surface area contributed by atoms with E-state index in [9.17, 15) is 0 Å². The van der Waals surface area contributed by atoms with Gasteiger partial charge in [0.25, 0.3) is 0 Å². The first-order valence-electron chi connectivity index (χ1n) is 16.9. The Bertz CT molecular complexity index is 2280. The van der Waals surface area contributed by atoms with Crippen molar-refractivity contribution in [2.75, 3.05) is 50.3 Å². The van der Waals surface area contributed by atoms with Gasteiger partial charge in [0, 0.05) is 36.8 Å². The van der Waals surface area contributed by atoms with Crippen LogP contribution in [0.4, 0.5) is 11.9 Å². The average Bonchev–Trinajstić information content (AvgIpc) is 3.76. The Hall–Kier alpha value is -5.65. The molecule has 12 heteroatoms. The summed E-state index contributed by atoms with van der Waals surface area (Å²) in [7, 11) is 3.36. The molecule has 7 aromatic rings. The maximum absolute atomic E-state index is 6.46. The van der Waals surface area contributed by atoms with E-state index in [1.54, 1.807) is 14.2 Å². The molecular formula is C39H37ClN8O3. The van der Waals surface area contributed by atoms with Crippen LogP contribution in [0.2, 0.25) is 5.02 Å². The second-order valence-corrected chi connectivity index (χ2v) is 12.8. The summed E-state index contributed by atoms with van der Waals surface area (Å²) in [5.74, 6) is 3.77. The van der Waals surface area contributed by atoms with Crippen LogP contribution in [-0.4, -0.2) is 69.7 Å². The molecule has 0 bridgehead atoms. The second kappa shape index (κ2) is 14.3. The maximum atomic E-state index is 6.46. The zero-order valence-corrected chi connectivity index (χ0v) is 29.2. The van der Waals surface area contributed by atoms with Crippen LogP contribution in [0.3, 0.4) is 0 Å². The van der Waals surface area contributed by atoms with Crippen molar-refractivity contribution in [3.63, 3.8) is 0 Å². The molecule has 0 aliphatic carbocycles. The van der Waals surface area contributed by atoms with E-state index in [1.165, 1.54) is 0 Å². The lowest BCUT2D eigenvalue weighted by molar-refractivity contribution is 0.122. The van der Waals surface area contributed by atoms with E-state index in [0.29, 0.717) is 68.5 Å². The molecule has 0 spiro atoms. The van der Waals surface area contributed by atoms with Gasteiger partial charge >= 0.3 is 0 Å². The van der Waals surface area contributed by atoms with Crippen molar-refractivity contribution in [3.05, 3.63) is 125 Å². The summed E-state index contributed by atoms with van der Waals surface area (Å²) in [4.78, 5) is 19.9. The number of hydrogen-bond donors (Lipinski definition) is 0. The highest BCUT2D eigenvalue weighted by molar-refractivity contribution is 6.30. The number of benzene rings is 4. The molecule has 11 nitrogen and oxygen atoms in total. The number of fused-ring (bicyclic) bond motifs is 2. The normalized spacial score (nSPS) is 13.2. The molecule has 0 atom stereocenters. The van der Waals surface area contributed by atoms with E-state index >= 15 is 0 Å². The van der Waals surface area contributed by atoms with Crippen molar-refractivity contribution >= 4 is 40.2 Å². The highest BCUT2D eigenvalue weighted by Gasteiger charge is 2.25. The Morgan fingerprint density at radius 2 is 1.51 bits per heavy atom. The third kappa shape index (κ3) is 6.78. The van der Waals surface area contributed by atoms with Gasteiger partial charge in [0.15, 0.2) is 5.65 Å².